The van der Waals surface area contributed by atoms with E-state index in [9.17, 15) is 0 Å². The summed E-state index contributed by atoms with van der Waals surface area (Å²) in [6.07, 6.45) is 5.65. The predicted molar refractivity (Wildman–Crippen MR) is 66.6 cm³/mol. The number of nitrogens with one attached hydrogen (secondary N) is 1. The number of rotatable bonds is 4. The first kappa shape index (κ1) is 11.2. The van der Waals surface area contributed by atoms with E-state index in [-0.39, 0.29) is 0 Å². The molecule has 1 aromatic carbocycles. The number of hydrogen-bond donors (Lipinski definition) is 2. The Balaban J connectivity index is 3.11. The van der Waals surface area contributed by atoms with Crippen LogP contribution in [0.25, 0.3) is 5.57 Å². The van der Waals surface area contributed by atoms with Crippen LogP contribution < -0.4 is 11.3 Å². The molecule has 0 aliphatic carbocycles. The van der Waals surface area contributed by atoms with Gasteiger partial charge in [0.15, 0.2) is 0 Å². The van der Waals surface area contributed by atoms with Crippen LogP contribution in [0.5, 0.6) is 0 Å². The number of aliphatic imine (C=N–C) groups is 1. The molecule has 3 nitrogen and oxygen atoms in total. The van der Waals surface area contributed by atoms with E-state index in [0.29, 0.717) is 0 Å². The quantitative estimate of drug-likeness (QED) is 0.340. The third-order valence-corrected chi connectivity index (χ3v) is 1.94. The second-order valence-electron chi connectivity index (χ2n) is 2.99. The number of allylic oxidation sites excluding steroid dienone is 3. The number of hydrogen-bond acceptors (Lipinski definition) is 3. The third-order valence-electron chi connectivity index (χ3n) is 1.94. The molecule has 0 bridgehead atoms. The van der Waals surface area contributed by atoms with Crippen molar-refractivity contribution < 1.29 is 0 Å². The second kappa shape index (κ2) is 5.78. The molecule has 1 aromatic rings. The van der Waals surface area contributed by atoms with Crippen LogP contribution in [-0.2, 0) is 0 Å². The number of nitrogens with two attached hydrogens (primary N) is 1. The highest BCUT2D eigenvalue weighted by Crippen LogP contribution is 2.19. The highest BCUT2D eigenvalue weighted by atomic mass is 15.2. The average molecular weight is 201 g/mol. The first-order valence-corrected chi connectivity index (χ1v) is 4.67. The topological polar surface area (TPSA) is 50.4 Å². The highest BCUT2D eigenvalue weighted by Gasteiger charge is 1.98. The summed E-state index contributed by atoms with van der Waals surface area (Å²) >= 11 is 0. The molecule has 3 N–H and O–H groups in total. The largest absolute Gasteiger partial charge is 0.324 e. The van der Waals surface area contributed by atoms with Crippen LogP contribution in [0.1, 0.15) is 12.5 Å². The molecular weight excluding hydrogens is 186 g/mol. The highest BCUT2D eigenvalue weighted by molar-refractivity contribution is 5.76. The molecule has 0 saturated carbocycles. The zero-order valence-electron chi connectivity index (χ0n) is 8.77. The van der Waals surface area contributed by atoms with Gasteiger partial charge in [0, 0.05) is 11.9 Å². The van der Waals surface area contributed by atoms with E-state index in [4.69, 9.17) is 5.84 Å². The van der Waals surface area contributed by atoms with Gasteiger partial charge in [-0.15, -0.1) is 0 Å². The average Bonchev–Trinajstić information content (AvgIpc) is 2.29. The van der Waals surface area contributed by atoms with Gasteiger partial charge in [-0.05, 0) is 36.9 Å². The van der Waals surface area contributed by atoms with E-state index >= 15 is 0 Å². The minimum atomic E-state index is 0.868. The van der Waals surface area contributed by atoms with Crippen molar-refractivity contribution >= 4 is 18.0 Å². The Morgan fingerprint density at radius 3 is 2.93 bits per heavy atom. The van der Waals surface area contributed by atoms with Gasteiger partial charge < -0.3 is 5.43 Å². The molecule has 3 heteroatoms. The molecule has 0 atom stereocenters. The van der Waals surface area contributed by atoms with Crippen LogP contribution in [0.15, 0.2) is 47.6 Å². The Kier molecular flexibility index (Phi) is 4.31. The van der Waals surface area contributed by atoms with Gasteiger partial charge >= 0.3 is 0 Å². The van der Waals surface area contributed by atoms with Gasteiger partial charge in [0.05, 0.1) is 0 Å². The smallest absolute Gasteiger partial charge is 0.0491 e. The van der Waals surface area contributed by atoms with Crippen molar-refractivity contribution in [1.82, 2.24) is 0 Å². The van der Waals surface area contributed by atoms with Gasteiger partial charge in [-0.1, -0.05) is 24.3 Å². The minimum absolute atomic E-state index is 0.868. The molecular formula is C12H15N3. The Morgan fingerprint density at radius 1 is 1.53 bits per heavy atom. The molecule has 0 heterocycles. The maximum atomic E-state index is 5.34. The van der Waals surface area contributed by atoms with Crippen molar-refractivity contribution in [1.29, 1.82) is 0 Å². The summed E-state index contributed by atoms with van der Waals surface area (Å²) in [5.74, 6) is 5.34. The van der Waals surface area contributed by atoms with Gasteiger partial charge in [0.2, 0.25) is 0 Å². The molecule has 0 fully saturated rings. The summed E-state index contributed by atoms with van der Waals surface area (Å²) in [5.41, 5.74) is 5.53. The normalized spacial score (nSPS) is 11.7. The van der Waals surface area contributed by atoms with Crippen molar-refractivity contribution in [2.24, 2.45) is 10.8 Å². The van der Waals surface area contributed by atoms with Crippen LogP contribution in [0, 0.1) is 0 Å². The molecule has 0 unspecified atom stereocenters. The number of hydrazine groups is 1. The predicted octanol–water partition coefficient (Wildman–Crippen LogP) is 2.59. The fourth-order valence-electron chi connectivity index (χ4n) is 1.28. The monoisotopic (exact) mass is 201 g/mol. The summed E-state index contributed by atoms with van der Waals surface area (Å²) in [6.45, 7) is 5.41. The summed E-state index contributed by atoms with van der Waals surface area (Å²) in [4.78, 5) is 3.77. The summed E-state index contributed by atoms with van der Waals surface area (Å²) < 4.78 is 0. The zero-order valence-corrected chi connectivity index (χ0v) is 8.77. The van der Waals surface area contributed by atoms with Gasteiger partial charge in [0.1, 0.15) is 0 Å². The van der Waals surface area contributed by atoms with Crippen LogP contribution in [0.4, 0.5) is 5.69 Å². The van der Waals surface area contributed by atoms with E-state index in [0.717, 1.165) is 16.8 Å². The van der Waals surface area contributed by atoms with Gasteiger partial charge in [0.25, 0.3) is 0 Å². The van der Waals surface area contributed by atoms with Crippen LogP contribution in [-0.4, -0.2) is 6.72 Å². The van der Waals surface area contributed by atoms with Crippen molar-refractivity contribution in [3.8, 4) is 0 Å². The number of nitrogens with zero attached hydrogens (tertiary/aromatic N) is 1. The molecule has 0 saturated heterocycles. The van der Waals surface area contributed by atoms with Gasteiger partial charge in [-0.2, -0.15) is 0 Å². The summed E-state index contributed by atoms with van der Waals surface area (Å²) in [5, 5.41) is 0. The lowest BCUT2D eigenvalue weighted by Crippen LogP contribution is -2.06. The Hall–Kier alpha value is -1.87. The maximum absolute atomic E-state index is 5.34. The zero-order chi connectivity index (χ0) is 11.1. The van der Waals surface area contributed by atoms with E-state index in [1.165, 1.54) is 0 Å². The van der Waals surface area contributed by atoms with Crippen molar-refractivity contribution in [3.05, 3.63) is 48.2 Å². The molecule has 0 aromatic heterocycles. The van der Waals surface area contributed by atoms with Crippen molar-refractivity contribution in [2.75, 3.05) is 5.43 Å². The maximum Gasteiger partial charge on any atom is 0.0491 e. The second-order valence-corrected chi connectivity index (χ2v) is 2.99. The van der Waals surface area contributed by atoms with Crippen LogP contribution in [0.3, 0.4) is 0 Å². The molecule has 0 spiro atoms. The molecule has 15 heavy (non-hydrogen) atoms. The summed E-state index contributed by atoms with van der Waals surface area (Å²) in [6, 6.07) is 7.79. The van der Waals surface area contributed by atoms with Crippen molar-refractivity contribution in [3.63, 3.8) is 0 Å². The first-order chi connectivity index (χ1) is 7.31. The molecule has 78 valence electrons. The molecule has 0 amide bonds. The lowest BCUT2D eigenvalue weighted by atomic mass is 10.1. The fraction of sp³-hybridized carbons (Fsp3) is 0.0833. The lowest BCUT2D eigenvalue weighted by molar-refractivity contribution is 1.35. The Morgan fingerprint density at radius 2 is 2.33 bits per heavy atom. The SMILES string of the molecule is C=N/C=C(\C=C/C)c1cccc(NN)c1. The fourth-order valence-corrected chi connectivity index (χ4v) is 1.28. The van der Waals surface area contributed by atoms with Gasteiger partial charge in [-0.3, -0.25) is 10.8 Å². The Labute approximate surface area is 90.0 Å². The van der Waals surface area contributed by atoms with E-state index < -0.39 is 0 Å². The molecule has 0 radical (unpaired) electrons. The lowest BCUT2D eigenvalue weighted by Gasteiger charge is -2.04. The molecule has 1 rings (SSSR count). The van der Waals surface area contributed by atoms with E-state index in [2.05, 4.69) is 17.1 Å². The van der Waals surface area contributed by atoms with E-state index in [1.807, 2.05) is 43.3 Å². The number of anilines is 1. The van der Waals surface area contributed by atoms with Crippen LogP contribution in [0.2, 0.25) is 0 Å². The van der Waals surface area contributed by atoms with Gasteiger partial charge in [-0.25, -0.2) is 0 Å². The number of benzene rings is 1. The minimum Gasteiger partial charge on any atom is -0.324 e. The molecule has 0 aliphatic heterocycles. The Bertz CT molecular complexity index is 392. The standard InChI is InChI=1S/C12H15N3/c1-3-5-11(9-14-2)10-6-4-7-12(8-10)15-13/h3-9,15H,2,13H2,1H3/b5-3-,11-9+. The van der Waals surface area contributed by atoms with E-state index in [1.54, 1.807) is 6.20 Å². The third kappa shape index (κ3) is 3.07. The van der Waals surface area contributed by atoms with Crippen molar-refractivity contribution in [2.45, 2.75) is 6.92 Å². The first-order valence-electron chi connectivity index (χ1n) is 4.67. The number of nitrogen functional groups attached to an aromatic ring is 1. The summed E-state index contributed by atoms with van der Waals surface area (Å²) in [7, 11) is 0. The van der Waals surface area contributed by atoms with Crippen LogP contribution >= 0.6 is 0 Å². The molecule has 0 aliphatic rings.